The molecule has 0 unspecified atom stereocenters. The number of H-pyrrole nitrogens is 1. The van der Waals surface area contributed by atoms with Crippen LogP contribution in [-0.4, -0.2) is 4.98 Å². The van der Waals surface area contributed by atoms with E-state index >= 15 is 0 Å². The summed E-state index contributed by atoms with van der Waals surface area (Å²) in [5.74, 6) is 0. The molecule has 0 fully saturated rings. The van der Waals surface area contributed by atoms with E-state index in [4.69, 9.17) is 23.2 Å². The first-order valence-corrected chi connectivity index (χ1v) is 4.37. The molecular weight excluding hydrogens is 193 g/mol. The van der Waals surface area contributed by atoms with Crippen LogP contribution in [0.15, 0.2) is 18.2 Å². The Balaban J connectivity index is 2.93. The minimum Gasteiger partial charge on any atom is -0.357 e. The number of aromatic amines is 1. The molecule has 1 aromatic carbocycles. The topological polar surface area (TPSA) is 15.8 Å². The van der Waals surface area contributed by atoms with Crippen LogP contribution in [-0.2, 0) is 0 Å². The van der Waals surface area contributed by atoms with Crippen LogP contribution in [0.5, 0.6) is 0 Å². The van der Waals surface area contributed by atoms with Gasteiger partial charge in [-0.25, -0.2) is 0 Å². The van der Waals surface area contributed by atoms with Crippen LogP contribution >= 0.6 is 23.2 Å². The van der Waals surface area contributed by atoms with Gasteiger partial charge in [-0.1, -0.05) is 23.2 Å². The van der Waals surface area contributed by atoms with Crippen molar-refractivity contribution < 1.29 is 0 Å². The molecule has 0 aliphatic carbocycles. The zero-order valence-corrected chi connectivity index (χ0v) is 8.00. The van der Waals surface area contributed by atoms with Crippen LogP contribution in [0, 0.1) is 6.92 Å². The van der Waals surface area contributed by atoms with Crippen molar-refractivity contribution in [2.24, 2.45) is 0 Å². The maximum Gasteiger partial charge on any atom is 0.0660 e. The van der Waals surface area contributed by atoms with Crippen LogP contribution in [0.1, 0.15) is 5.69 Å². The molecule has 1 heterocycles. The predicted molar refractivity (Wildman–Crippen MR) is 53.1 cm³/mol. The molecule has 0 amide bonds. The first-order chi connectivity index (χ1) is 5.68. The van der Waals surface area contributed by atoms with E-state index in [0.717, 1.165) is 21.6 Å². The number of benzene rings is 1. The summed E-state index contributed by atoms with van der Waals surface area (Å²) < 4.78 is 0. The molecule has 0 saturated carbocycles. The van der Waals surface area contributed by atoms with Gasteiger partial charge in [-0.05, 0) is 25.1 Å². The Morgan fingerprint density at radius 1 is 1.17 bits per heavy atom. The third-order valence-electron chi connectivity index (χ3n) is 1.82. The lowest BCUT2D eigenvalue weighted by atomic mass is 10.2. The molecule has 1 N–H and O–H groups in total. The maximum absolute atomic E-state index is 5.96. The van der Waals surface area contributed by atoms with Gasteiger partial charge in [0.25, 0.3) is 0 Å². The molecule has 0 saturated heterocycles. The highest BCUT2D eigenvalue weighted by molar-refractivity contribution is 6.39. The molecule has 12 heavy (non-hydrogen) atoms. The Morgan fingerprint density at radius 3 is 2.50 bits per heavy atom. The fourth-order valence-electron chi connectivity index (χ4n) is 1.29. The third kappa shape index (κ3) is 1.10. The Kier molecular flexibility index (Phi) is 1.78. The Labute approximate surface area is 80.3 Å². The Hall–Kier alpha value is -0.660. The van der Waals surface area contributed by atoms with Crippen molar-refractivity contribution in [1.82, 2.24) is 4.98 Å². The third-order valence-corrected chi connectivity index (χ3v) is 2.47. The molecule has 2 rings (SSSR count). The number of aryl methyl sites for hydroxylation is 1. The SMILES string of the molecule is Cc1cc2c(Cl)ccc(Cl)c2[nH]1. The van der Waals surface area contributed by atoms with E-state index in [1.807, 2.05) is 13.0 Å². The van der Waals surface area contributed by atoms with Crippen molar-refractivity contribution in [3.8, 4) is 0 Å². The monoisotopic (exact) mass is 199 g/mol. The molecule has 1 nitrogen and oxygen atoms in total. The molecule has 62 valence electrons. The molecule has 2 aromatic rings. The Bertz CT molecular complexity index is 392. The average Bonchev–Trinajstić information content (AvgIpc) is 2.41. The second kappa shape index (κ2) is 2.68. The summed E-state index contributed by atoms with van der Waals surface area (Å²) in [6, 6.07) is 5.59. The van der Waals surface area contributed by atoms with E-state index in [9.17, 15) is 0 Å². The molecular formula is C9H7Cl2N. The largest absolute Gasteiger partial charge is 0.357 e. The van der Waals surface area contributed by atoms with E-state index in [0.29, 0.717) is 5.02 Å². The summed E-state index contributed by atoms with van der Waals surface area (Å²) in [4.78, 5) is 3.15. The maximum atomic E-state index is 5.96. The average molecular weight is 200 g/mol. The molecule has 0 spiro atoms. The van der Waals surface area contributed by atoms with Crippen LogP contribution in [0.25, 0.3) is 10.9 Å². The lowest BCUT2D eigenvalue weighted by molar-refractivity contribution is 1.30. The summed E-state index contributed by atoms with van der Waals surface area (Å²) in [6.07, 6.45) is 0. The first-order valence-electron chi connectivity index (χ1n) is 3.62. The summed E-state index contributed by atoms with van der Waals surface area (Å²) in [5.41, 5.74) is 1.99. The molecule has 0 aliphatic heterocycles. The first kappa shape index (κ1) is 7.96. The van der Waals surface area contributed by atoms with Gasteiger partial charge in [0.05, 0.1) is 15.6 Å². The lowest BCUT2D eigenvalue weighted by Gasteiger charge is -1.94. The quantitative estimate of drug-likeness (QED) is 0.665. The van der Waals surface area contributed by atoms with Crippen LogP contribution in [0.3, 0.4) is 0 Å². The van der Waals surface area contributed by atoms with E-state index in [1.165, 1.54) is 0 Å². The normalized spacial score (nSPS) is 10.9. The number of aromatic nitrogens is 1. The molecule has 0 aliphatic rings. The zero-order valence-electron chi connectivity index (χ0n) is 6.49. The van der Waals surface area contributed by atoms with Crippen molar-refractivity contribution in [2.75, 3.05) is 0 Å². The van der Waals surface area contributed by atoms with E-state index < -0.39 is 0 Å². The number of hydrogen-bond donors (Lipinski definition) is 1. The number of halogens is 2. The van der Waals surface area contributed by atoms with Crippen LogP contribution < -0.4 is 0 Å². The van der Waals surface area contributed by atoms with Crippen molar-refractivity contribution in [3.63, 3.8) is 0 Å². The summed E-state index contributed by atoms with van der Waals surface area (Å²) >= 11 is 11.9. The van der Waals surface area contributed by atoms with E-state index in [1.54, 1.807) is 12.1 Å². The second-order valence-corrected chi connectivity index (χ2v) is 3.58. The minimum absolute atomic E-state index is 0.711. The minimum atomic E-state index is 0.711. The number of fused-ring (bicyclic) bond motifs is 1. The van der Waals surface area contributed by atoms with Gasteiger partial charge in [0.2, 0.25) is 0 Å². The number of hydrogen-bond acceptors (Lipinski definition) is 0. The van der Waals surface area contributed by atoms with Crippen molar-refractivity contribution in [3.05, 3.63) is 33.9 Å². The summed E-state index contributed by atoms with van der Waals surface area (Å²) in [5, 5.41) is 2.43. The number of rotatable bonds is 0. The molecule has 1 aromatic heterocycles. The van der Waals surface area contributed by atoms with E-state index in [-0.39, 0.29) is 0 Å². The van der Waals surface area contributed by atoms with Crippen molar-refractivity contribution in [2.45, 2.75) is 6.92 Å². The van der Waals surface area contributed by atoms with Crippen molar-refractivity contribution in [1.29, 1.82) is 0 Å². The molecule has 3 heteroatoms. The van der Waals surface area contributed by atoms with Gasteiger partial charge in [-0.2, -0.15) is 0 Å². The summed E-state index contributed by atoms with van der Waals surface area (Å²) in [6.45, 7) is 1.98. The van der Waals surface area contributed by atoms with Gasteiger partial charge in [-0.3, -0.25) is 0 Å². The van der Waals surface area contributed by atoms with Crippen LogP contribution in [0.2, 0.25) is 10.0 Å². The van der Waals surface area contributed by atoms with Gasteiger partial charge >= 0.3 is 0 Å². The van der Waals surface area contributed by atoms with Crippen molar-refractivity contribution >= 4 is 34.1 Å². The van der Waals surface area contributed by atoms with Gasteiger partial charge in [0, 0.05) is 11.1 Å². The zero-order chi connectivity index (χ0) is 8.72. The standard InChI is InChI=1S/C9H7Cl2N/c1-5-4-6-7(10)2-3-8(11)9(6)12-5/h2-4,12H,1H3. The lowest BCUT2D eigenvalue weighted by Crippen LogP contribution is -1.71. The van der Waals surface area contributed by atoms with Gasteiger partial charge < -0.3 is 4.98 Å². The smallest absolute Gasteiger partial charge is 0.0660 e. The van der Waals surface area contributed by atoms with E-state index in [2.05, 4.69) is 4.98 Å². The highest BCUT2D eigenvalue weighted by Crippen LogP contribution is 2.29. The van der Waals surface area contributed by atoms with Gasteiger partial charge in [-0.15, -0.1) is 0 Å². The van der Waals surface area contributed by atoms with Gasteiger partial charge in [0.15, 0.2) is 0 Å². The summed E-state index contributed by atoms with van der Waals surface area (Å²) in [7, 11) is 0. The highest BCUT2D eigenvalue weighted by atomic mass is 35.5. The Morgan fingerprint density at radius 2 is 1.83 bits per heavy atom. The molecule has 0 atom stereocenters. The molecule has 0 radical (unpaired) electrons. The fourth-order valence-corrected chi connectivity index (χ4v) is 1.71. The predicted octanol–water partition coefficient (Wildman–Crippen LogP) is 3.78. The fraction of sp³-hybridized carbons (Fsp3) is 0.111. The van der Waals surface area contributed by atoms with Crippen LogP contribution in [0.4, 0.5) is 0 Å². The number of nitrogens with one attached hydrogen (secondary N) is 1. The second-order valence-electron chi connectivity index (χ2n) is 2.77. The van der Waals surface area contributed by atoms with Gasteiger partial charge in [0.1, 0.15) is 0 Å². The highest BCUT2D eigenvalue weighted by Gasteiger charge is 2.04. The molecule has 0 bridgehead atoms.